The van der Waals surface area contributed by atoms with Gasteiger partial charge in [0.05, 0.1) is 19.3 Å². The van der Waals surface area contributed by atoms with Gasteiger partial charge in [0.2, 0.25) is 0 Å². The van der Waals surface area contributed by atoms with E-state index in [4.69, 9.17) is 18.9 Å². The number of nitrogens with zero attached hydrogens (tertiary/aromatic N) is 1. The highest BCUT2D eigenvalue weighted by molar-refractivity contribution is 8.13. The van der Waals surface area contributed by atoms with Crippen molar-refractivity contribution in [3.63, 3.8) is 0 Å². The molecule has 192 valence electrons. The SMILES string of the molecule is COc1ccc(CN2C(=O)SCC2[C@@]2(OC)C[C@H]3C[C@@H](CCCC=CCCCCC(=O)O3)O2)cc1. The molecule has 35 heavy (non-hydrogen) atoms. The number of hydrogen-bond donors (Lipinski definition) is 0. The molecular weight excluding hydrogens is 466 g/mol. The average molecular weight is 504 g/mol. The van der Waals surface area contributed by atoms with Crippen LogP contribution in [0.4, 0.5) is 4.79 Å². The van der Waals surface area contributed by atoms with Gasteiger partial charge in [0, 0.05) is 38.7 Å². The third kappa shape index (κ3) is 6.60. The summed E-state index contributed by atoms with van der Waals surface area (Å²) >= 11 is 1.29. The van der Waals surface area contributed by atoms with Crippen LogP contribution >= 0.6 is 11.8 Å². The Morgan fingerprint density at radius 2 is 1.83 bits per heavy atom. The average Bonchev–Trinajstić information content (AvgIpc) is 3.23. The van der Waals surface area contributed by atoms with E-state index < -0.39 is 5.79 Å². The number of ether oxygens (including phenoxy) is 4. The number of methoxy groups -OCH3 is 2. The first-order valence-electron chi connectivity index (χ1n) is 12.7. The van der Waals surface area contributed by atoms with Gasteiger partial charge in [0.25, 0.3) is 5.24 Å². The van der Waals surface area contributed by atoms with Gasteiger partial charge in [-0.15, -0.1) is 0 Å². The second-order valence-corrected chi connectivity index (χ2v) is 10.5. The van der Waals surface area contributed by atoms with E-state index in [1.807, 2.05) is 29.2 Å². The Kier molecular flexibility index (Phi) is 9.14. The third-order valence-corrected chi connectivity index (χ3v) is 8.07. The maximum atomic E-state index is 12.9. The Bertz CT molecular complexity index is 890. The summed E-state index contributed by atoms with van der Waals surface area (Å²) in [7, 11) is 3.28. The van der Waals surface area contributed by atoms with Crippen molar-refractivity contribution in [2.75, 3.05) is 20.0 Å². The van der Waals surface area contributed by atoms with Crippen LogP contribution in [0, 0.1) is 0 Å². The quantitative estimate of drug-likeness (QED) is 0.390. The number of allylic oxidation sites excluding steroid dienone is 2. The van der Waals surface area contributed by atoms with Crippen LogP contribution in [-0.4, -0.2) is 60.1 Å². The lowest BCUT2D eigenvalue weighted by Crippen LogP contribution is -2.60. The van der Waals surface area contributed by atoms with Gasteiger partial charge in [-0.2, -0.15) is 0 Å². The van der Waals surface area contributed by atoms with Crippen LogP contribution in [0.15, 0.2) is 36.4 Å². The number of benzene rings is 1. The molecule has 3 aliphatic rings. The zero-order valence-corrected chi connectivity index (χ0v) is 21.6. The first-order chi connectivity index (χ1) is 17.0. The summed E-state index contributed by atoms with van der Waals surface area (Å²) < 4.78 is 24.0. The van der Waals surface area contributed by atoms with Crippen LogP contribution in [0.2, 0.25) is 0 Å². The largest absolute Gasteiger partial charge is 0.497 e. The number of carbonyl (C=O) groups is 2. The van der Waals surface area contributed by atoms with Gasteiger partial charge in [-0.25, -0.2) is 0 Å². The molecule has 0 spiro atoms. The molecule has 0 N–H and O–H groups in total. The van der Waals surface area contributed by atoms with Crippen molar-refractivity contribution >= 4 is 23.0 Å². The van der Waals surface area contributed by atoms with E-state index in [0.717, 1.165) is 49.8 Å². The fourth-order valence-electron chi connectivity index (χ4n) is 5.21. The molecule has 4 atom stereocenters. The second-order valence-electron chi connectivity index (χ2n) is 9.52. The second kappa shape index (κ2) is 12.3. The van der Waals surface area contributed by atoms with Crippen LogP contribution in [0.5, 0.6) is 5.75 Å². The number of amides is 1. The van der Waals surface area contributed by atoms with Crippen LogP contribution in [0.1, 0.15) is 63.4 Å². The molecule has 8 heteroatoms. The number of thioether (sulfide) groups is 1. The molecular formula is C27H37NO6S. The maximum absolute atomic E-state index is 12.9. The van der Waals surface area contributed by atoms with Crippen LogP contribution in [-0.2, 0) is 25.5 Å². The fraction of sp³-hybridized carbons (Fsp3) is 0.630. The predicted molar refractivity (Wildman–Crippen MR) is 135 cm³/mol. The van der Waals surface area contributed by atoms with Crippen molar-refractivity contribution in [1.29, 1.82) is 0 Å². The summed E-state index contributed by atoms with van der Waals surface area (Å²) in [6, 6.07) is 7.46. The molecule has 1 aromatic carbocycles. The molecule has 2 saturated heterocycles. The van der Waals surface area contributed by atoms with E-state index in [1.165, 1.54) is 11.8 Å². The van der Waals surface area contributed by atoms with Crippen LogP contribution in [0.3, 0.4) is 0 Å². The first-order valence-corrected chi connectivity index (χ1v) is 13.7. The first kappa shape index (κ1) is 26.0. The zero-order valence-electron chi connectivity index (χ0n) is 20.8. The Morgan fingerprint density at radius 1 is 1.06 bits per heavy atom. The van der Waals surface area contributed by atoms with Gasteiger partial charge in [-0.3, -0.25) is 9.59 Å². The van der Waals surface area contributed by atoms with Crippen LogP contribution in [0.25, 0.3) is 0 Å². The predicted octanol–water partition coefficient (Wildman–Crippen LogP) is 5.47. The molecule has 2 bridgehead atoms. The lowest BCUT2D eigenvalue weighted by Gasteiger charge is -2.48. The highest BCUT2D eigenvalue weighted by Crippen LogP contribution is 2.43. The molecule has 1 amide bonds. The summed E-state index contributed by atoms with van der Waals surface area (Å²) in [5.74, 6) is 0.165. The summed E-state index contributed by atoms with van der Waals surface area (Å²) in [5.41, 5.74) is 1.01. The highest BCUT2D eigenvalue weighted by Gasteiger charge is 2.54. The molecule has 7 nitrogen and oxygen atoms in total. The molecule has 3 aliphatic heterocycles. The van der Waals surface area contributed by atoms with Gasteiger partial charge in [0.15, 0.2) is 5.79 Å². The standard InChI is InChI=1S/C27H37NO6S/c1-31-21-14-12-20(13-15-21)18-28-24(19-35-26(28)30)27(32-2)17-23-16-22(34-27)10-8-6-4-3-5-7-9-11-25(29)33-23/h3-4,12-15,22-24H,5-11,16-19H2,1-2H3/t22-,23-,24?,27-/m1/s1. The Morgan fingerprint density at radius 3 is 2.57 bits per heavy atom. The van der Waals surface area contributed by atoms with Crippen molar-refractivity contribution in [3.8, 4) is 5.75 Å². The Balaban J connectivity index is 1.55. The zero-order chi connectivity index (χ0) is 24.7. The van der Waals surface area contributed by atoms with Crippen molar-refractivity contribution < 1.29 is 28.5 Å². The van der Waals surface area contributed by atoms with E-state index in [1.54, 1.807) is 14.2 Å². The van der Waals surface area contributed by atoms with Crippen molar-refractivity contribution in [3.05, 3.63) is 42.0 Å². The number of fused-ring (bicyclic) bond motifs is 2. The maximum Gasteiger partial charge on any atom is 0.306 e. The van der Waals surface area contributed by atoms with Crippen molar-refractivity contribution in [2.24, 2.45) is 0 Å². The molecule has 0 aliphatic carbocycles. The minimum Gasteiger partial charge on any atom is -0.497 e. The van der Waals surface area contributed by atoms with Gasteiger partial charge in [-0.1, -0.05) is 36.0 Å². The Labute approximate surface area is 212 Å². The number of hydrogen-bond acceptors (Lipinski definition) is 7. The van der Waals surface area contributed by atoms with E-state index >= 15 is 0 Å². The molecule has 0 aromatic heterocycles. The number of esters is 1. The van der Waals surface area contributed by atoms with Crippen molar-refractivity contribution in [1.82, 2.24) is 4.90 Å². The molecule has 2 fully saturated rings. The number of carbonyl (C=O) groups excluding carboxylic acids is 2. The van der Waals surface area contributed by atoms with E-state index in [2.05, 4.69) is 12.2 Å². The van der Waals surface area contributed by atoms with Crippen molar-refractivity contribution in [2.45, 2.75) is 88.4 Å². The minimum atomic E-state index is -1.02. The summed E-state index contributed by atoms with van der Waals surface area (Å²) in [5, 5.41) is 0.00814. The topological polar surface area (TPSA) is 74.3 Å². The van der Waals surface area contributed by atoms with Crippen LogP contribution < -0.4 is 4.74 Å². The monoisotopic (exact) mass is 503 g/mol. The molecule has 4 rings (SSSR count). The highest BCUT2D eigenvalue weighted by atomic mass is 32.2. The number of rotatable bonds is 5. The summed E-state index contributed by atoms with van der Waals surface area (Å²) in [6.45, 7) is 0.453. The molecule has 0 radical (unpaired) electrons. The smallest absolute Gasteiger partial charge is 0.306 e. The lowest BCUT2D eigenvalue weighted by atomic mass is 9.90. The fourth-order valence-corrected chi connectivity index (χ4v) is 6.31. The molecule has 1 unspecified atom stereocenters. The molecule has 3 heterocycles. The molecule has 0 saturated carbocycles. The van der Waals surface area contributed by atoms with Gasteiger partial charge in [-0.05, 0) is 56.2 Å². The van der Waals surface area contributed by atoms with Gasteiger partial charge >= 0.3 is 5.97 Å². The van der Waals surface area contributed by atoms with E-state index in [-0.39, 0.29) is 29.5 Å². The van der Waals surface area contributed by atoms with E-state index in [0.29, 0.717) is 31.6 Å². The summed E-state index contributed by atoms with van der Waals surface area (Å²) in [6.07, 6.45) is 11.2. The van der Waals surface area contributed by atoms with E-state index in [9.17, 15) is 9.59 Å². The lowest BCUT2D eigenvalue weighted by molar-refractivity contribution is -0.306. The third-order valence-electron chi connectivity index (χ3n) is 7.11. The van der Waals surface area contributed by atoms with Gasteiger partial charge < -0.3 is 23.8 Å². The van der Waals surface area contributed by atoms with Gasteiger partial charge in [0.1, 0.15) is 11.9 Å². The normalized spacial score (nSPS) is 30.6. The summed E-state index contributed by atoms with van der Waals surface area (Å²) in [4.78, 5) is 27.4. The Hall–Kier alpha value is -2.03. The molecule has 1 aromatic rings. The minimum absolute atomic E-state index is 0.00814.